The molecule has 0 saturated carbocycles. The van der Waals surface area contributed by atoms with Crippen LogP contribution in [0.5, 0.6) is 5.75 Å². The third kappa shape index (κ3) is 5.71. The molecule has 0 aromatic heterocycles. The summed E-state index contributed by atoms with van der Waals surface area (Å²) in [5.41, 5.74) is 1.28. The van der Waals surface area contributed by atoms with Gasteiger partial charge in [0.1, 0.15) is 5.75 Å². The fourth-order valence-corrected chi connectivity index (χ4v) is 1.71. The van der Waals surface area contributed by atoms with Crippen LogP contribution < -0.4 is 4.74 Å². The third-order valence-corrected chi connectivity index (χ3v) is 2.83. The van der Waals surface area contributed by atoms with E-state index in [1.165, 1.54) is 5.56 Å². The summed E-state index contributed by atoms with van der Waals surface area (Å²) in [6.07, 6.45) is 2.78. The molecule has 1 rings (SSSR count). The summed E-state index contributed by atoms with van der Waals surface area (Å²) in [6, 6.07) is 8.14. The van der Waals surface area contributed by atoms with Gasteiger partial charge in [0.2, 0.25) is 0 Å². The zero-order valence-corrected chi connectivity index (χ0v) is 11.2. The van der Waals surface area contributed by atoms with E-state index in [2.05, 4.69) is 26.0 Å². The number of carbonyl (C=O) groups is 1. The molecule has 0 atom stereocenters. The molecule has 3 heteroatoms. The van der Waals surface area contributed by atoms with E-state index >= 15 is 0 Å². The Morgan fingerprint density at radius 2 is 2.06 bits per heavy atom. The Hall–Kier alpha value is -1.51. The summed E-state index contributed by atoms with van der Waals surface area (Å²) >= 11 is 0. The fourth-order valence-electron chi connectivity index (χ4n) is 1.71. The van der Waals surface area contributed by atoms with Gasteiger partial charge < -0.3 is 9.84 Å². The van der Waals surface area contributed by atoms with Crippen LogP contribution in [0, 0.1) is 0 Å². The number of carboxylic acid groups (broad SMARTS) is 1. The van der Waals surface area contributed by atoms with Gasteiger partial charge in [-0.1, -0.05) is 26.0 Å². The van der Waals surface area contributed by atoms with Crippen molar-refractivity contribution in [3.05, 3.63) is 29.8 Å². The Bertz CT molecular complexity index is 372. The van der Waals surface area contributed by atoms with Gasteiger partial charge in [-0.3, -0.25) is 4.79 Å². The summed E-state index contributed by atoms with van der Waals surface area (Å²) < 4.78 is 5.66. The molecule has 0 saturated heterocycles. The maximum atomic E-state index is 10.3. The van der Waals surface area contributed by atoms with Crippen LogP contribution >= 0.6 is 0 Å². The first-order chi connectivity index (χ1) is 8.59. The SMILES string of the molecule is CC(C)c1cccc(OCCCCCC(=O)O)c1. The van der Waals surface area contributed by atoms with Crippen LogP contribution in [0.1, 0.15) is 51.0 Å². The summed E-state index contributed by atoms with van der Waals surface area (Å²) in [5, 5.41) is 8.50. The van der Waals surface area contributed by atoms with E-state index in [9.17, 15) is 4.79 Å². The van der Waals surface area contributed by atoms with Crippen molar-refractivity contribution >= 4 is 5.97 Å². The molecule has 0 amide bonds. The molecule has 1 aromatic carbocycles. The molecule has 0 spiro atoms. The van der Waals surface area contributed by atoms with Crippen molar-refractivity contribution in [1.82, 2.24) is 0 Å². The molecule has 0 heterocycles. The van der Waals surface area contributed by atoms with E-state index in [4.69, 9.17) is 9.84 Å². The Morgan fingerprint density at radius 1 is 1.28 bits per heavy atom. The number of carboxylic acids is 1. The minimum absolute atomic E-state index is 0.253. The first-order valence-corrected chi connectivity index (χ1v) is 6.54. The van der Waals surface area contributed by atoms with Gasteiger partial charge in [0.25, 0.3) is 0 Å². The molecule has 0 aliphatic rings. The molecule has 1 aromatic rings. The lowest BCUT2D eigenvalue weighted by Crippen LogP contribution is -1.99. The van der Waals surface area contributed by atoms with Gasteiger partial charge >= 0.3 is 5.97 Å². The highest BCUT2D eigenvalue weighted by Crippen LogP contribution is 2.20. The Kier molecular flexibility index (Phi) is 6.26. The lowest BCUT2D eigenvalue weighted by molar-refractivity contribution is -0.137. The molecule has 0 aliphatic heterocycles. The number of benzene rings is 1. The average molecular weight is 250 g/mol. The zero-order valence-electron chi connectivity index (χ0n) is 11.2. The first kappa shape index (κ1) is 14.6. The Morgan fingerprint density at radius 3 is 2.72 bits per heavy atom. The van der Waals surface area contributed by atoms with Gasteiger partial charge in [-0.15, -0.1) is 0 Å². The third-order valence-electron chi connectivity index (χ3n) is 2.83. The predicted molar refractivity (Wildman–Crippen MR) is 72.1 cm³/mol. The fraction of sp³-hybridized carbons (Fsp3) is 0.533. The van der Waals surface area contributed by atoms with E-state index in [1.54, 1.807) is 0 Å². The van der Waals surface area contributed by atoms with Crippen molar-refractivity contribution in [2.24, 2.45) is 0 Å². The quantitative estimate of drug-likeness (QED) is 0.713. The number of unbranched alkanes of at least 4 members (excludes halogenated alkanes) is 2. The standard InChI is InChI=1S/C15H22O3/c1-12(2)13-7-6-8-14(11-13)18-10-5-3-4-9-15(16)17/h6-8,11-12H,3-5,9-10H2,1-2H3,(H,16,17). The number of aliphatic carboxylic acids is 1. The minimum atomic E-state index is -0.722. The summed E-state index contributed by atoms with van der Waals surface area (Å²) in [6.45, 7) is 4.97. The zero-order chi connectivity index (χ0) is 13.4. The topological polar surface area (TPSA) is 46.5 Å². The Balaban J connectivity index is 2.23. The van der Waals surface area contributed by atoms with E-state index in [-0.39, 0.29) is 6.42 Å². The lowest BCUT2D eigenvalue weighted by Gasteiger charge is -2.09. The molecule has 0 fully saturated rings. The molecular formula is C15H22O3. The van der Waals surface area contributed by atoms with Crippen LogP contribution in [0.3, 0.4) is 0 Å². The van der Waals surface area contributed by atoms with Crippen molar-refractivity contribution < 1.29 is 14.6 Å². The van der Waals surface area contributed by atoms with Gasteiger partial charge in [-0.05, 0) is 42.9 Å². The van der Waals surface area contributed by atoms with E-state index in [0.29, 0.717) is 12.5 Å². The molecule has 100 valence electrons. The summed E-state index contributed by atoms with van der Waals surface area (Å²) in [4.78, 5) is 10.3. The maximum absolute atomic E-state index is 10.3. The van der Waals surface area contributed by atoms with Crippen LogP contribution in [0.15, 0.2) is 24.3 Å². The highest BCUT2D eigenvalue weighted by atomic mass is 16.5. The van der Waals surface area contributed by atoms with Crippen molar-refractivity contribution in [2.75, 3.05) is 6.61 Å². The first-order valence-electron chi connectivity index (χ1n) is 6.54. The molecular weight excluding hydrogens is 228 g/mol. The van der Waals surface area contributed by atoms with Crippen molar-refractivity contribution in [2.45, 2.75) is 45.4 Å². The molecule has 0 aliphatic carbocycles. The monoisotopic (exact) mass is 250 g/mol. The summed E-state index contributed by atoms with van der Waals surface area (Å²) in [7, 11) is 0. The average Bonchev–Trinajstić information content (AvgIpc) is 2.33. The highest BCUT2D eigenvalue weighted by Gasteiger charge is 2.01. The van der Waals surface area contributed by atoms with Gasteiger partial charge in [-0.25, -0.2) is 0 Å². The lowest BCUT2D eigenvalue weighted by atomic mass is 10.0. The van der Waals surface area contributed by atoms with Crippen LogP contribution in [0.25, 0.3) is 0 Å². The van der Waals surface area contributed by atoms with Gasteiger partial charge in [-0.2, -0.15) is 0 Å². The van der Waals surface area contributed by atoms with E-state index < -0.39 is 5.97 Å². The van der Waals surface area contributed by atoms with Crippen molar-refractivity contribution in [3.8, 4) is 5.75 Å². The minimum Gasteiger partial charge on any atom is -0.494 e. The molecule has 3 nitrogen and oxygen atoms in total. The van der Waals surface area contributed by atoms with Crippen molar-refractivity contribution in [1.29, 1.82) is 0 Å². The molecule has 1 N–H and O–H groups in total. The number of rotatable bonds is 8. The molecule has 0 bridgehead atoms. The second-order valence-corrected chi connectivity index (χ2v) is 4.78. The van der Waals surface area contributed by atoms with Crippen LogP contribution in [-0.4, -0.2) is 17.7 Å². The van der Waals surface area contributed by atoms with E-state index in [0.717, 1.165) is 25.0 Å². The smallest absolute Gasteiger partial charge is 0.303 e. The van der Waals surface area contributed by atoms with Gasteiger partial charge in [0.05, 0.1) is 6.61 Å². The van der Waals surface area contributed by atoms with Crippen LogP contribution in [0.2, 0.25) is 0 Å². The number of hydrogen-bond donors (Lipinski definition) is 1. The Labute approximate surface area is 109 Å². The predicted octanol–water partition coefficient (Wildman–Crippen LogP) is 3.83. The van der Waals surface area contributed by atoms with Gasteiger partial charge in [0, 0.05) is 6.42 Å². The van der Waals surface area contributed by atoms with E-state index in [1.807, 2.05) is 12.1 Å². The number of ether oxygens (including phenoxy) is 1. The van der Waals surface area contributed by atoms with Crippen LogP contribution in [-0.2, 0) is 4.79 Å². The molecule has 18 heavy (non-hydrogen) atoms. The molecule has 0 unspecified atom stereocenters. The maximum Gasteiger partial charge on any atom is 0.303 e. The normalized spacial score (nSPS) is 10.6. The second-order valence-electron chi connectivity index (χ2n) is 4.78. The van der Waals surface area contributed by atoms with Crippen LogP contribution in [0.4, 0.5) is 0 Å². The van der Waals surface area contributed by atoms with Crippen molar-refractivity contribution in [3.63, 3.8) is 0 Å². The largest absolute Gasteiger partial charge is 0.494 e. The summed E-state index contributed by atoms with van der Waals surface area (Å²) in [5.74, 6) is 0.684. The molecule has 0 radical (unpaired) electrons. The van der Waals surface area contributed by atoms with Gasteiger partial charge in [0.15, 0.2) is 0 Å². The number of hydrogen-bond acceptors (Lipinski definition) is 2. The second kappa shape index (κ2) is 7.75. The highest BCUT2D eigenvalue weighted by molar-refractivity contribution is 5.66.